The van der Waals surface area contributed by atoms with E-state index in [1.54, 1.807) is 7.11 Å². The van der Waals surface area contributed by atoms with Gasteiger partial charge in [0.2, 0.25) is 0 Å². The van der Waals surface area contributed by atoms with Crippen LogP contribution >= 0.6 is 0 Å². The average Bonchev–Trinajstić information content (AvgIpc) is 3.18. The summed E-state index contributed by atoms with van der Waals surface area (Å²) in [6.07, 6.45) is 1.81. The van der Waals surface area contributed by atoms with Gasteiger partial charge in [0.15, 0.2) is 5.78 Å². The summed E-state index contributed by atoms with van der Waals surface area (Å²) in [5.41, 5.74) is 4.49. The lowest BCUT2D eigenvalue weighted by atomic mass is 9.95. The molecule has 0 saturated carbocycles. The molecule has 4 heteroatoms. The van der Waals surface area contributed by atoms with Gasteiger partial charge in [-0.1, -0.05) is 48.5 Å². The number of hydrogen-bond donors (Lipinski definition) is 2. The molecule has 1 atom stereocenters. The van der Waals surface area contributed by atoms with Gasteiger partial charge < -0.3 is 15.0 Å². The Balaban J connectivity index is 1.77. The number of aryl methyl sites for hydroxylation is 1. The molecule has 0 aliphatic heterocycles. The van der Waals surface area contributed by atoms with Crippen molar-refractivity contribution in [3.8, 4) is 5.75 Å². The van der Waals surface area contributed by atoms with Crippen LogP contribution in [0.2, 0.25) is 0 Å². The first-order valence-electron chi connectivity index (χ1n) is 9.24. The van der Waals surface area contributed by atoms with Gasteiger partial charge in [-0.25, -0.2) is 0 Å². The van der Waals surface area contributed by atoms with Crippen LogP contribution in [0, 0.1) is 6.92 Å². The van der Waals surface area contributed by atoms with E-state index in [2.05, 4.69) is 10.3 Å². The number of benzene rings is 3. The second-order valence-corrected chi connectivity index (χ2v) is 6.78. The first-order chi connectivity index (χ1) is 13.7. The largest absolute Gasteiger partial charge is 0.497 e. The van der Waals surface area contributed by atoms with Crippen LogP contribution in [0.5, 0.6) is 5.75 Å². The van der Waals surface area contributed by atoms with Gasteiger partial charge in [0.1, 0.15) is 11.8 Å². The summed E-state index contributed by atoms with van der Waals surface area (Å²) in [6.45, 7) is 2.03. The van der Waals surface area contributed by atoms with Crippen molar-refractivity contribution in [2.75, 3.05) is 12.4 Å². The second kappa shape index (κ2) is 7.61. The van der Waals surface area contributed by atoms with Gasteiger partial charge >= 0.3 is 0 Å². The molecule has 1 heterocycles. The normalized spacial score (nSPS) is 11.9. The molecule has 0 radical (unpaired) electrons. The molecule has 0 saturated heterocycles. The molecule has 28 heavy (non-hydrogen) atoms. The SMILES string of the molecule is COc1cccc(NC(C(=O)c2c[nH]c3cccc(C)c23)c2ccccc2)c1. The zero-order valence-corrected chi connectivity index (χ0v) is 15.9. The maximum atomic E-state index is 13.6. The molecular formula is C24H22N2O2. The minimum absolute atomic E-state index is 0.0227. The number of fused-ring (bicyclic) bond motifs is 1. The van der Waals surface area contributed by atoms with Crippen molar-refractivity contribution in [1.29, 1.82) is 0 Å². The zero-order chi connectivity index (χ0) is 19.5. The van der Waals surface area contributed by atoms with Crippen LogP contribution in [0.25, 0.3) is 10.9 Å². The number of anilines is 1. The van der Waals surface area contributed by atoms with E-state index in [-0.39, 0.29) is 5.78 Å². The lowest BCUT2D eigenvalue weighted by Crippen LogP contribution is -2.21. The molecule has 2 N–H and O–H groups in total. The number of methoxy groups -OCH3 is 1. The van der Waals surface area contributed by atoms with E-state index < -0.39 is 6.04 Å². The number of ether oxygens (including phenoxy) is 1. The van der Waals surface area contributed by atoms with Gasteiger partial charge in [-0.05, 0) is 36.2 Å². The van der Waals surface area contributed by atoms with E-state index >= 15 is 0 Å². The van der Waals surface area contributed by atoms with Crippen LogP contribution in [0.3, 0.4) is 0 Å². The molecule has 4 rings (SSSR count). The van der Waals surface area contributed by atoms with Crippen molar-refractivity contribution < 1.29 is 9.53 Å². The van der Waals surface area contributed by atoms with Crippen LogP contribution in [0.15, 0.2) is 79.0 Å². The van der Waals surface area contributed by atoms with Crippen molar-refractivity contribution in [2.24, 2.45) is 0 Å². The standard InChI is InChI=1S/C24H22N2O2/c1-16-8-6-13-21-22(16)20(15-25-21)24(27)23(17-9-4-3-5-10-17)26-18-11-7-12-19(14-18)28-2/h3-15,23,25-26H,1-2H3. The average molecular weight is 370 g/mol. The molecule has 0 aliphatic rings. The van der Waals surface area contributed by atoms with E-state index in [9.17, 15) is 4.79 Å². The molecule has 4 aromatic rings. The minimum Gasteiger partial charge on any atom is -0.497 e. The zero-order valence-electron chi connectivity index (χ0n) is 15.9. The fourth-order valence-electron chi connectivity index (χ4n) is 3.54. The number of rotatable bonds is 6. The van der Waals surface area contributed by atoms with E-state index in [0.717, 1.165) is 33.5 Å². The number of hydrogen-bond acceptors (Lipinski definition) is 3. The maximum Gasteiger partial charge on any atom is 0.191 e. The number of H-pyrrole nitrogens is 1. The van der Waals surface area contributed by atoms with Crippen molar-refractivity contribution in [1.82, 2.24) is 4.98 Å². The predicted octanol–water partition coefficient (Wildman–Crippen LogP) is 5.52. The van der Waals surface area contributed by atoms with Crippen molar-refractivity contribution in [3.63, 3.8) is 0 Å². The molecule has 1 unspecified atom stereocenters. The number of aromatic amines is 1. The molecule has 3 aromatic carbocycles. The Morgan fingerprint density at radius 3 is 2.57 bits per heavy atom. The highest BCUT2D eigenvalue weighted by atomic mass is 16.5. The van der Waals surface area contributed by atoms with Crippen LogP contribution < -0.4 is 10.1 Å². The predicted molar refractivity (Wildman–Crippen MR) is 113 cm³/mol. The smallest absolute Gasteiger partial charge is 0.191 e. The summed E-state index contributed by atoms with van der Waals surface area (Å²) in [7, 11) is 1.63. The molecule has 1 aromatic heterocycles. The summed E-state index contributed by atoms with van der Waals surface area (Å²) in [5, 5.41) is 4.37. The number of nitrogens with one attached hydrogen (secondary N) is 2. The third-order valence-corrected chi connectivity index (χ3v) is 4.96. The van der Waals surface area contributed by atoms with Crippen molar-refractivity contribution in [3.05, 3.63) is 95.7 Å². The van der Waals surface area contributed by atoms with Crippen LogP contribution in [-0.2, 0) is 0 Å². The Bertz CT molecular complexity index is 1120. The summed E-state index contributed by atoms with van der Waals surface area (Å²) < 4.78 is 5.32. The third-order valence-electron chi connectivity index (χ3n) is 4.96. The highest BCUT2D eigenvalue weighted by Gasteiger charge is 2.25. The van der Waals surface area contributed by atoms with Crippen molar-refractivity contribution >= 4 is 22.4 Å². The van der Waals surface area contributed by atoms with E-state index in [1.807, 2.05) is 85.9 Å². The lowest BCUT2D eigenvalue weighted by molar-refractivity contribution is 0.0971. The summed E-state index contributed by atoms with van der Waals surface area (Å²) >= 11 is 0. The van der Waals surface area contributed by atoms with Gasteiger partial charge in [-0.15, -0.1) is 0 Å². The topological polar surface area (TPSA) is 54.1 Å². The number of carbonyl (C=O) groups excluding carboxylic acids is 1. The summed E-state index contributed by atoms with van der Waals surface area (Å²) in [4.78, 5) is 16.8. The lowest BCUT2D eigenvalue weighted by Gasteiger charge is -2.20. The number of aromatic nitrogens is 1. The molecule has 0 amide bonds. The van der Waals surface area contributed by atoms with Crippen LogP contribution in [-0.4, -0.2) is 17.9 Å². The first kappa shape index (κ1) is 17.9. The Kier molecular flexibility index (Phi) is 4.85. The molecule has 0 fully saturated rings. The number of carbonyl (C=O) groups is 1. The maximum absolute atomic E-state index is 13.6. The summed E-state index contributed by atoms with van der Waals surface area (Å²) in [5.74, 6) is 0.766. The molecular weight excluding hydrogens is 348 g/mol. The minimum atomic E-state index is -0.507. The molecule has 0 spiro atoms. The Morgan fingerprint density at radius 2 is 1.79 bits per heavy atom. The number of ketones is 1. The van der Waals surface area contributed by atoms with E-state index in [0.29, 0.717) is 5.56 Å². The Labute approximate surface area is 164 Å². The van der Waals surface area contributed by atoms with Gasteiger partial charge in [0, 0.05) is 34.4 Å². The highest BCUT2D eigenvalue weighted by Crippen LogP contribution is 2.30. The monoisotopic (exact) mass is 370 g/mol. The molecule has 140 valence electrons. The molecule has 0 bridgehead atoms. The highest BCUT2D eigenvalue weighted by molar-refractivity contribution is 6.12. The Hall–Kier alpha value is -3.53. The quantitative estimate of drug-likeness (QED) is 0.439. The van der Waals surface area contributed by atoms with Gasteiger partial charge in [0.05, 0.1) is 7.11 Å². The molecule has 0 aliphatic carbocycles. The fourth-order valence-corrected chi connectivity index (χ4v) is 3.54. The van der Waals surface area contributed by atoms with E-state index in [1.165, 1.54) is 0 Å². The van der Waals surface area contributed by atoms with Gasteiger partial charge in [0.25, 0.3) is 0 Å². The van der Waals surface area contributed by atoms with Gasteiger partial charge in [-0.2, -0.15) is 0 Å². The Morgan fingerprint density at radius 1 is 1.00 bits per heavy atom. The fraction of sp³-hybridized carbons (Fsp3) is 0.125. The first-order valence-corrected chi connectivity index (χ1v) is 9.24. The van der Waals surface area contributed by atoms with E-state index in [4.69, 9.17) is 4.74 Å². The summed E-state index contributed by atoms with van der Waals surface area (Å²) in [6, 6.07) is 22.9. The van der Waals surface area contributed by atoms with Gasteiger partial charge in [-0.3, -0.25) is 4.79 Å². The third kappa shape index (κ3) is 3.37. The van der Waals surface area contributed by atoms with Crippen LogP contribution in [0.1, 0.15) is 27.5 Å². The molecule has 4 nitrogen and oxygen atoms in total. The number of Topliss-reactive ketones (excluding diaryl/α,β-unsaturated/α-hetero) is 1. The second-order valence-electron chi connectivity index (χ2n) is 6.78. The van der Waals surface area contributed by atoms with Crippen LogP contribution in [0.4, 0.5) is 5.69 Å². The van der Waals surface area contributed by atoms with Crippen molar-refractivity contribution in [2.45, 2.75) is 13.0 Å².